The number of hydrogen-bond acceptors (Lipinski definition) is 4. The van der Waals surface area contributed by atoms with E-state index in [9.17, 15) is 0 Å². The molecule has 4 nitrogen and oxygen atoms in total. The second-order valence-corrected chi connectivity index (χ2v) is 6.86. The summed E-state index contributed by atoms with van der Waals surface area (Å²) in [4.78, 5) is 2.64. The highest BCUT2D eigenvalue weighted by molar-refractivity contribution is 5.50. The van der Waals surface area contributed by atoms with Gasteiger partial charge in [-0.05, 0) is 43.4 Å². The van der Waals surface area contributed by atoms with Crippen LogP contribution in [0.1, 0.15) is 42.9 Å². The number of hydrogen-bond donors (Lipinski definition) is 1. The van der Waals surface area contributed by atoms with Gasteiger partial charge in [0.1, 0.15) is 11.5 Å². The lowest BCUT2D eigenvalue weighted by Gasteiger charge is -2.39. The maximum absolute atomic E-state index is 5.78. The normalized spacial score (nSPS) is 21.3. The smallest absolute Gasteiger partial charge is 0.127 e. The summed E-state index contributed by atoms with van der Waals surface area (Å²) in [5.41, 5.74) is 2.45. The topological polar surface area (TPSA) is 33.7 Å². The molecule has 1 saturated carbocycles. The first-order chi connectivity index (χ1) is 11.2. The standard InChI is InChI=1S/C19H30N2O2/c1-14-12-16(22-2)18(17(13-14)23-3)19(15-6-4-5-7-15)21-10-8-20-9-11-21/h12-13,15,19-20H,4-11H2,1-3H3/t19-/m0/s1. The number of nitrogens with one attached hydrogen (secondary N) is 1. The van der Waals surface area contributed by atoms with E-state index < -0.39 is 0 Å². The molecular formula is C19H30N2O2. The van der Waals surface area contributed by atoms with Gasteiger partial charge in [-0.25, -0.2) is 0 Å². The quantitative estimate of drug-likeness (QED) is 0.904. The van der Waals surface area contributed by atoms with Gasteiger partial charge in [0.2, 0.25) is 0 Å². The van der Waals surface area contributed by atoms with Gasteiger partial charge in [0.05, 0.1) is 19.8 Å². The molecule has 0 bridgehead atoms. The Morgan fingerprint density at radius 1 is 1.04 bits per heavy atom. The molecule has 2 aliphatic rings. The van der Waals surface area contributed by atoms with Gasteiger partial charge in [0, 0.05) is 32.2 Å². The van der Waals surface area contributed by atoms with Gasteiger partial charge >= 0.3 is 0 Å². The van der Waals surface area contributed by atoms with Crippen LogP contribution in [0.2, 0.25) is 0 Å². The van der Waals surface area contributed by atoms with Crippen molar-refractivity contribution in [2.45, 2.75) is 38.6 Å². The Morgan fingerprint density at radius 3 is 2.13 bits per heavy atom. The number of nitrogens with zero attached hydrogens (tertiary/aromatic N) is 1. The van der Waals surface area contributed by atoms with E-state index in [2.05, 4.69) is 29.3 Å². The van der Waals surface area contributed by atoms with Crippen LogP contribution in [0.4, 0.5) is 0 Å². The third kappa shape index (κ3) is 3.48. The van der Waals surface area contributed by atoms with E-state index in [-0.39, 0.29) is 0 Å². The summed E-state index contributed by atoms with van der Waals surface area (Å²) in [6.07, 6.45) is 5.33. The average molecular weight is 318 g/mol. The molecule has 1 aromatic carbocycles. The van der Waals surface area contributed by atoms with Gasteiger partial charge in [-0.15, -0.1) is 0 Å². The van der Waals surface area contributed by atoms with Gasteiger partial charge in [0.15, 0.2) is 0 Å². The van der Waals surface area contributed by atoms with Gasteiger partial charge < -0.3 is 14.8 Å². The monoisotopic (exact) mass is 318 g/mol. The van der Waals surface area contributed by atoms with E-state index >= 15 is 0 Å². The van der Waals surface area contributed by atoms with E-state index in [1.807, 2.05) is 0 Å². The number of ether oxygens (including phenoxy) is 2. The predicted molar refractivity (Wildman–Crippen MR) is 93.4 cm³/mol. The van der Waals surface area contributed by atoms with Crippen LogP contribution in [-0.2, 0) is 0 Å². The van der Waals surface area contributed by atoms with Crippen molar-refractivity contribution >= 4 is 0 Å². The summed E-state index contributed by atoms with van der Waals surface area (Å²) in [7, 11) is 3.56. The molecule has 1 aliphatic heterocycles. The number of aryl methyl sites for hydroxylation is 1. The molecule has 3 rings (SSSR count). The summed E-state index contributed by atoms with van der Waals surface area (Å²) in [5, 5.41) is 3.47. The van der Waals surface area contributed by atoms with Crippen LogP contribution in [0.25, 0.3) is 0 Å². The molecule has 128 valence electrons. The second-order valence-electron chi connectivity index (χ2n) is 6.86. The summed E-state index contributed by atoms with van der Waals surface area (Å²) in [6, 6.07) is 4.72. The first kappa shape index (κ1) is 16.6. The number of piperazine rings is 1. The highest BCUT2D eigenvalue weighted by Gasteiger charge is 2.35. The molecule has 1 N–H and O–H groups in total. The van der Waals surface area contributed by atoms with Gasteiger partial charge in [-0.3, -0.25) is 4.90 Å². The van der Waals surface area contributed by atoms with Crippen LogP contribution < -0.4 is 14.8 Å². The van der Waals surface area contributed by atoms with Gasteiger partial charge in [-0.1, -0.05) is 12.8 Å². The van der Waals surface area contributed by atoms with E-state index in [1.165, 1.54) is 36.8 Å². The van der Waals surface area contributed by atoms with Gasteiger partial charge in [-0.2, -0.15) is 0 Å². The minimum Gasteiger partial charge on any atom is -0.496 e. The Hall–Kier alpha value is -1.26. The molecule has 1 heterocycles. The Labute approximate surface area is 140 Å². The average Bonchev–Trinajstić information content (AvgIpc) is 3.11. The summed E-state index contributed by atoms with van der Waals surface area (Å²) in [5.74, 6) is 2.67. The molecule has 4 heteroatoms. The first-order valence-corrected chi connectivity index (χ1v) is 8.92. The second kappa shape index (κ2) is 7.54. The lowest BCUT2D eigenvalue weighted by molar-refractivity contribution is 0.120. The molecular weight excluding hydrogens is 288 g/mol. The minimum absolute atomic E-state index is 0.408. The molecule has 23 heavy (non-hydrogen) atoms. The fourth-order valence-corrected chi connectivity index (χ4v) is 4.31. The molecule has 1 aromatic rings. The molecule has 1 atom stereocenters. The zero-order valence-electron chi connectivity index (χ0n) is 14.7. The van der Waals surface area contributed by atoms with Crippen LogP contribution in [0.3, 0.4) is 0 Å². The maximum atomic E-state index is 5.78. The van der Waals surface area contributed by atoms with E-state index in [0.29, 0.717) is 12.0 Å². The molecule has 0 unspecified atom stereocenters. The number of benzene rings is 1. The Bertz CT molecular complexity index is 495. The van der Waals surface area contributed by atoms with Crippen molar-refractivity contribution in [1.82, 2.24) is 10.2 Å². The maximum Gasteiger partial charge on any atom is 0.127 e. The van der Waals surface area contributed by atoms with E-state index in [1.54, 1.807) is 14.2 Å². The fourth-order valence-electron chi connectivity index (χ4n) is 4.31. The lowest BCUT2D eigenvalue weighted by Crippen LogP contribution is -2.46. The summed E-state index contributed by atoms with van der Waals surface area (Å²) in [6.45, 7) is 6.44. The Balaban J connectivity index is 2.04. The first-order valence-electron chi connectivity index (χ1n) is 8.92. The lowest BCUT2D eigenvalue weighted by atomic mass is 9.88. The van der Waals surface area contributed by atoms with Crippen LogP contribution in [0.5, 0.6) is 11.5 Å². The van der Waals surface area contributed by atoms with Crippen LogP contribution in [0, 0.1) is 12.8 Å². The molecule has 0 radical (unpaired) electrons. The third-order valence-electron chi connectivity index (χ3n) is 5.38. The van der Waals surface area contributed by atoms with Crippen LogP contribution in [-0.4, -0.2) is 45.3 Å². The molecule has 1 saturated heterocycles. The third-order valence-corrected chi connectivity index (χ3v) is 5.38. The van der Waals surface area contributed by atoms with Crippen molar-refractivity contribution in [2.75, 3.05) is 40.4 Å². The minimum atomic E-state index is 0.408. The van der Waals surface area contributed by atoms with Crippen molar-refractivity contribution in [1.29, 1.82) is 0 Å². The van der Waals surface area contributed by atoms with Crippen molar-refractivity contribution in [3.63, 3.8) is 0 Å². The Morgan fingerprint density at radius 2 is 1.61 bits per heavy atom. The van der Waals surface area contributed by atoms with Gasteiger partial charge in [0.25, 0.3) is 0 Å². The van der Waals surface area contributed by atoms with Crippen molar-refractivity contribution < 1.29 is 9.47 Å². The number of rotatable bonds is 5. The highest BCUT2D eigenvalue weighted by atomic mass is 16.5. The molecule has 2 fully saturated rings. The zero-order valence-corrected chi connectivity index (χ0v) is 14.7. The predicted octanol–water partition coefficient (Wildman–Crippen LogP) is 3.15. The Kier molecular flexibility index (Phi) is 5.44. The van der Waals surface area contributed by atoms with E-state index in [4.69, 9.17) is 9.47 Å². The van der Waals surface area contributed by atoms with Crippen molar-refractivity contribution in [3.8, 4) is 11.5 Å². The largest absolute Gasteiger partial charge is 0.496 e. The molecule has 0 amide bonds. The molecule has 0 spiro atoms. The number of methoxy groups -OCH3 is 2. The van der Waals surface area contributed by atoms with Crippen LogP contribution >= 0.6 is 0 Å². The van der Waals surface area contributed by atoms with Crippen molar-refractivity contribution in [3.05, 3.63) is 23.3 Å². The molecule has 0 aromatic heterocycles. The summed E-state index contributed by atoms with van der Waals surface area (Å²) >= 11 is 0. The fraction of sp³-hybridized carbons (Fsp3) is 0.684. The SMILES string of the molecule is COc1cc(C)cc(OC)c1[C@H](C1CCCC1)N1CCNCC1. The zero-order chi connectivity index (χ0) is 16.2. The van der Waals surface area contributed by atoms with Crippen LogP contribution in [0.15, 0.2) is 12.1 Å². The highest BCUT2D eigenvalue weighted by Crippen LogP contribution is 2.46. The van der Waals surface area contributed by atoms with E-state index in [0.717, 1.165) is 37.7 Å². The summed E-state index contributed by atoms with van der Waals surface area (Å²) < 4.78 is 11.6. The molecule has 1 aliphatic carbocycles. The van der Waals surface area contributed by atoms with Crippen molar-refractivity contribution in [2.24, 2.45) is 5.92 Å².